The van der Waals surface area contributed by atoms with Crippen LogP contribution in [0.5, 0.6) is 0 Å². The Balaban J connectivity index is 1.77. The molecule has 0 saturated heterocycles. The molecule has 0 aliphatic heterocycles. The van der Waals surface area contributed by atoms with Crippen LogP contribution in [0.4, 0.5) is 5.69 Å². The second-order valence-electron chi connectivity index (χ2n) is 5.93. The lowest BCUT2D eigenvalue weighted by Crippen LogP contribution is -2.14. The van der Waals surface area contributed by atoms with E-state index in [0.717, 1.165) is 11.1 Å². The molecule has 0 aliphatic rings. The number of halogens is 1. The van der Waals surface area contributed by atoms with Crippen LogP contribution in [0.15, 0.2) is 59.8 Å². The van der Waals surface area contributed by atoms with Crippen molar-refractivity contribution in [2.45, 2.75) is 25.3 Å². The normalized spacial score (nSPS) is 11.5. The first-order chi connectivity index (χ1) is 11.8. The molecule has 0 saturated carbocycles. The molecule has 0 unspecified atom stereocenters. The number of nitrogens with zero attached hydrogens (tertiary/aromatic N) is 2. The van der Waals surface area contributed by atoms with Crippen LogP contribution in [0, 0.1) is 13.8 Å². The van der Waals surface area contributed by atoms with Crippen LogP contribution in [-0.4, -0.2) is 18.2 Å². The molecule has 1 N–H and O–H groups in total. The molecule has 5 nitrogen and oxygen atoms in total. The number of aryl methyl sites for hydroxylation is 2. The van der Waals surface area contributed by atoms with Crippen molar-refractivity contribution in [3.8, 4) is 0 Å². The highest BCUT2D eigenvalue weighted by molar-refractivity contribution is 7.92. The quantitative estimate of drug-likeness (QED) is 0.733. The molecule has 1 aromatic heterocycles. The molecule has 0 atom stereocenters. The predicted molar refractivity (Wildman–Crippen MR) is 99.5 cm³/mol. The number of hydrogen-bond acceptors (Lipinski definition) is 3. The summed E-state index contributed by atoms with van der Waals surface area (Å²) in [5.74, 6) is 0. The average molecular weight is 376 g/mol. The first-order valence-electron chi connectivity index (χ1n) is 7.70. The van der Waals surface area contributed by atoms with Crippen LogP contribution >= 0.6 is 11.6 Å². The average Bonchev–Trinajstić information content (AvgIpc) is 2.95. The van der Waals surface area contributed by atoms with Gasteiger partial charge in [-0.2, -0.15) is 5.10 Å². The number of nitrogens with one attached hydrogen (secondary N) is 1. The molecule has 0 radical (unpaired) electrons. The van der Waals surface area contributed by atoms with E-state index in [0.29, 0.717) is 22.8 Å². The number of sulfonamides is 1. The van der Waals surface area contributed by atoms with Crippen LogP contribution < -0.4 is 4.72 Å². The fraction of sp³-hybridized carbons (Fsp3) is 0.167. The zero-order valence-electron chi connectivity index (χ0n) is 13.9. The third-order valence-electron chi connectivity index (χ3n) is 3.76. The molecule has 130 valence electrons. The summed E-state index contributed by atoms with van der Waals surface area (Å²) in [6, 6.07) is 12.7. The molecule has 25 heavy (non-hydrogen) atoms. The van der Waals surface area contributed by atoms with Crippen LogP contribution in [0.1, 0.15) is 16.7 Å². The Bertz CT molecular complexity index is 995. The number of aromatic nitrogens is 2. The van der Waals surface area contributed by atoms with E-state index in [9.17, 15) is 8.42 Å². The van der Waals surface area contributed by atoms with Crippen molar-refractivity contribution >= 4 is 27.3 Å². The lowest BCUT2D eigenvalue weighted by atomic mass is 10.2. The summed E-state index contributed by atoms with van der Waals surface area (Å²) >= 11 is 5.87. The van der Waals surface area contributed by atoms with Gasteiger partial charge in [-0.15, -0.1) is 0 Å². The Kier molecular flexibility index (Phi) is 4.83. The Morgan fingerprint density at radius 1 is 1.12 bits per heavy atom. The molecule has 0 amide bonds. The molecule has 0 aliphatic carbocycles. The van der Waals surface area contributed by atoms with Gasteiger partial charge in [0.1, 0.15) is 0 Å². The zero-order valence-corrected chi connectivity index (χ0v) is 15.5. The van der Waals surface area contributed by atoms with E-state index in [4.69, 9.17) is 11.6 Å². The number of rotatable bonds is 5. The topological polar surface area (TPSA) is 64.0 Å². The van der Waals surface area contributed by atoms with Crippen molar-refractivity contribution in [1.29, 1.82) is 0 Å². The SMILES string of the molecule is Cc1ccc(S(=O)(=O)Nc2cnn(Cc3ccc(Cl)cc3)c2)c(C)c1. The maximum absolute atomic E-state index is 12.6. The minimum absolute atomic E-state index is 0.267. The lowest BCUT2D eigenvalue weighted by Gasteiger charge is -2.09. The molecule has 2 aromatic carbocycles. The van der Waals surface area contributed by atoms with E-state index < -0.39 is 10.0 Å². The maximum Gasteiger partial charge on any atom is 0.262 e. The molecule has 0 bridgehead atoms. The van der Waals surface area contributed by atoms with E-state index in [1.54, 1.807) is 29.9 Å². The summed E-state index contributed by atoms with van der Waals surface area (Å²) in [6.45, 7) is 4.24. The van der Waals surface area contributed by atoms with E-state index in [2.05, 4.69) is 9.82 Å². The minimum atomic E-state index is -3.65. The van der Waals surface area contributed by atoms with Gasteiger partial charge in [0.15, 0.2) is 0 Å². The first-order valence-corrected chi connectivity index (χ1v) is 9.56. The molecule has 1 heterocycles. The molecular formula is C18H18ClN3O2S. The van der Waals surface area contributed by atoms with Gasteiger partial charge in [0.05, 0.1) is 23.3 Å². The van der Waals surface area contributed by atoms with Gasteiger partial charge in [-0.3, -0.25) is 9.40 Å². The third kappa shape index (κ3) is 4.21. The highest BCUT2D eigenvalue weighted by Crippen LogP contribution is 2.20. The van der Waals surface area contributed by atoms with Crippen molar-refractivity contribution in [2.75, 3.05) is 4.72 Å². The lowest BCUT2D eigenvalue weighted by molar-refractivity contribution is 0.600. The zero-order chi connectivity index (χ0) is 18.0. The van der Waals surface area contributed by atoms with Crippen molar-refractivity contribution in [1.82, 2.24) is 9.78 Å². The molecule has 0 fully saturated rings. The molecule has 3 rings (SSSR count). The highest BCUT2D eigenvalue weighted by Gasteiger charge is 2.17. The highest BCUT2D eigenvalue weighted by atomic mass is 35.5. The maximum atomic E-state index is 12.6. The van der Waals surface area contributed by atoms with E-state index >= 15 is 0 Å². The van der Waals surface area contributed by atoms with Crippen molar-refractivity contribution < 1.29 is 8.42 Å². The summed E-state index contributed by atoms with van der Waals surface area (Å²) in [7, 11) is -3.65. The molecule has 7 heteroatoms. The van der Waals surface area contributed by atoms with Gasteiger partial charge < -0.3 is 0 Å². The third-order valence-corrected chi connectivity index (χ3v) is 5.56. The Hall–Kier alpha value is -2.31. The fourth-order valence-corrected chi connectivity index (χ4v) is 3.97. The van der Waals surface area contributed by atoms with Crippen LogP contribution in [-0.2, 0) is 16.6 Å². The molecule has 3 aromatic rings. The van der Waals surface area contributed by atoms with Crippen LogP contribution in [0.2, 0.25) is 5.02 Å². The van der Waals surface area contributed by atoms with Gasteiger partial charge >= 0.3 is 0 Å². The van der Waals surface area contributed by atoms with E-state index in [1.807, 2.05) is 37.3 Å². The Morgan fingerprint density at radius 3 is 2.52 bits per heavy atom. The molecule has 0 spiro atoms. The van der Waals surface area contributed by atoms with E-state index in [-0.39, 0.29) is 4.90 Å². The fourth-order valence-electron chi connectivity index (χ4n) is 2.59. The van der Waals surface area contributed by atoms with Gasteiger partial charge in [0.25, 0.3) is 10.0 Å². The summed E-state index contributed by atoms with van der Waals surface area (Å²) in [6.07, 6.45) is 3.16. The van der Waals surface area contributed by atoms with E-state index in [1.165, 1.54) is 6.20 Å². The van der Waals surface area contributed by atoms with Gasteiger partial charge in [-0.25, -0.2) is 8.42 Å². The van der Waals surface area contributed by atoms with Gasteiger partial charge in [0.2, 0.25) is 0 Å². The standard InChI is InChI=1S/C18H18ClN3O2S/c1-13-3-8-18(14(2)9-13)25(23,24)21-17-10-20-22(12-17)11-15-4-6-16(19)7-5-15/h3-10,12,21H,11H2,1-2H3. The van der Waals surface area contributed by atoms with Gasteiger partial charge in [0, 0.05) is 11.2 Å². The minimum Gasteiger partial charge on any atom is -0.276 e. The largest absolute Gasteiger partial charge is 0.276 e. The Labute approximate surface area is 152 Å². The second-order valence-corrected chi connectivity index (χ2v) is 8.01. The number of anilines is 1. The smallest absolute Gasteiger partial charge is 0.262 e. The number of hydrogen-bond donors (Lipinski definition) is 1. The summed E-state index contributed by atoms with van der Waals surface area (Å²) in [5, 5.41) is 4.88. The van der Waals surface area contributed by atoms with Gasteiger partial charge in [-0.1, -0.05) is 41.4 Å². The summed E-state index contributed by atoms with van der Waals surface area (Å²) in [4.78, 5) is 0.267. The van der Waals surface area contributed by atoms with Crippen LogP contribution in [0.25, 0.3) is 0 Å². The van der Waals surface area contributed by atoms with Crippen molar-refractivity contribution in [2.24, 2.45) is 0 Å². The second kappa shape index (κ2) is 6.90. The Morgan fingerprint density at radius 2 is 1.84 bits per heavy atom. The monoisotopic (exact) mass is 375 g/mol. The van der Waals surface area contributed by atoms with Crippen LogP contribution in [0.3, 0.4) is 0 Å². The number of benzene rings is 2. The summed E-state index contributed by atoms with van der Waals surface area (Å²) < 4.78 is 29.4. The molecular weight excluding hydrogens is 358 g/mol. The summed E-state index contributed by atoms with van der Waals surface area (Å²) in [5.41, 5.74) is 3.18. The van der Waals surface area contributed by atoms with Crippen molar-refractivity contribution in [3.05, 3.63) is 76.6 Å². The first kappa shape index (κ1) is 17.5. The predicted octanol–water partition coefficient (Wildman–Crippen LogP) is 4.00. The van der Waals surface area contributed by atoms with Crippen molar-refractivity contribution in [3.63, 3.8) is 0 Å². The van der Waals surface area contributed by atoms with Gasteiger partial charge in [-0.05, 0) is 43.2 Å².